The van der Waals surface area contributed by atoms with Gasteiger partial charge in [-0.15, -0.1) is 11.3 Å². The number of aliphatic hydroxyl groups is 1. The molecule has 114 valence electrons. The van der Waals surface area contributed by atoms with E-state index in [-0.39, 0.29) is 0 Å². The second-order valence-electron chi connectivity index (χ2n) is 5.46. The number of fused-ring (bicyclic) bond motifs is 3. The van der Waals surface area contributed by atoms with E-state index in [0.717, 1.165) is 40.7 Å². The van der Waals surface area contributed by atoms with Crippen LogP contribution in [0.4, 0.5) is 5.82 Å². The van der Waals surface area contributed by atoms with Crippen molar-refractivity contribution < 1.29 is 5.11 Å². The molecule has 2 N–H and O–H groups in total. The number of rotatable bonds is 4. The van der Waals surface area contributed by atoms with Crippen molar-refractivity contribution in [2.45, 2.75) is 31.1 Å². The minimum Gasteiger partial charge on any atom is -0.392 e. The van der Waals surface area contributed by atoms with Crippen LogP contribution in [0.2, 0.25) is 0 Å². The van der Waals surface area contributed by atoms with Gasteiger partial charge in [0.15, 0.2) is 5.16 Å². The van der Waals surface area contributed by atoms with Crippen LogP contribution in [0.3, 0.4) is 0 Å². The fourth-order valence-corrected chi connectivity index (χ4v) is 4.29. The van der Waals surface area contributed by atoms with Crippen LogP contribution in [0.1, 0.15) is 17.4 Å². The quantitative estimate of drug-likeness (QED) is 0.664. The SMILES string of the molecule is CSc1nc(NC[C@@H](C)O)c2c3c(sc2n1)CN(C)CC3. The summed E-state index contributed by atoms with van der Waals surface area (Å²) in [5.41, 5.74) is 1.38. The van der Waals surface area contributed by atoms with Crippen LogP contribution in [0, 0.1) is 0 Å². The molecule has 0 aromatic carbocycles. The maximum atomic E-state index is 9.52. The molecule has 2 aromatic heterocycles. The van der Waals surface area contributed by atoms with E-state index < -0.39 is 6.10 Å². The van der Waals surface area contributed by atoms with E-state index in [1.54, 1.807) is 30.0 Å². The van der Waals surface area contributed by atoms with Crippen LogP contribution in [-0.2, 0) is 13.0 Å². The summed E-state index contributed by atoms with van der Waals surface area (Å²) in [6.45, 7) is 4.34. The molecule has 3 rings (SSSR count). The van der Waals surface area contributed by atoms with E-state index in [4.69, 9.17) is 0 Å². The molecule has 1 atom stereocenters. The standard InChI is InChI=1S/C14H20N4OS2/c1-8(19)6-15-12-11-9-4-5-18(2)7-10(9)21-13(11)17-14(16-12)20-3/h8,19H,4-7H2,1-3H3,(H,15,16,17)/t8-/m1/s1. The number of aliphatic hydroxyl groups excluding tert-OH is 1. The lowest BCUT2D eigenvalue weighted by Gasteiger charge is -2.22. The van der Waals surface area contributed by atoms with E-state index in [9.17, 15) is 5.11 Å². The van der Waals surface area contributed by atoms with Gasteiger partial charge in [0.25, 0.3) is 0 Å². The number of thioether (sulfide) groups is 1. The lowest BCUT2D eigenvalue weighted by Crippen LogP contribution is -2.25. The lowest BCUT2D eigenvalue weighted by atomic mass is 10.1. The third kappa shape index (κ3) is 3.01. The van der Waals surface area contributed by atoms with Crippen molar-refractivity contribution in [1.82, 2.24) is 14.9 Å². The Labute approximate surface area is 132 Å². The van der Waals surface area contributed by atoms with Crippen molar-refractivity contribution in [2.75, 3.05) is 31.7 Å². The molecule has 0 fully saturated rings. The molecule has 0 spiro atoms. The van der Waals surface area contributed by atoms with E-state index in [0.29, 0.717) is 6.54 Å². The highest BCUT2D eigenvalue weighted by Crippen LogP contribution is 2.38. The number of hydrogen-bond donors (Lipinski definition) is 2. The van der Waals surface area contributed by atoms with Gasteiger partial charge >= 0.3 is 0 Å². The second kappa shape index (κ2) is 6.08. The van der Waals surface area contributed by atoms with Gasteiger partial charge in [0.05, 0.1) is 11.5 Å². The zero-order chi connectivity index (χ0) is 15.0. The summed E-state index contributed by atoms with van der Waals surface area (Å²) in [4.78, 5) is 14.1. The Bertz CT molecular complexity index is 656. The molecule has 0 bridgehead atoms. The molecule has 1 aliphatic heterocycles. The first-order valence-corrected chi connectivity index (χ1v) is 9.09. The molecule has 0 saturated carbocycles. The molecule has 2 aromatic rings. The van der Waals surface area contributed by atoms with E-state index in [2.05, 4.69) is 27.2 Å². The van der Waals surface area contributed by atoms with Crippen LogP contribution in [-0.4, -0.2) is 52.5 Å². The number of thiophene rings is 1. The van der Waals surface area contributed by atoms with Gasteiger partial charge in [-0.3, -0.25) is 0 Å². The summed E-state index contributed by atoms with van der Waals surface area (Å²) < 4.78 is 0. The highest BCUT2D eigenvalue weighted by molar-refractivity contribution is 7.98. The maximum Gasteiger partial charge on any atom is 0.190 e. The third-order valence-corrected chi connectivity index (χ3v) is 5.28. The van der Waals surface area contributed by atoms with Gasteiger partial charge in [-0.2, -0.15) is 0 Å². The Morgan fingerprint density at radius 3 is 3.00 bits per heavy atom. The summed E-state index contributed by atoms with van der Waals surface area (Å²) >= 11 is 3.32. The van der Waals surface area contributed by atoms with Gasteiger partial charge in [0.2, 0.25) is 0 Å². The molecule has 3 heterocycles. The van der Waals surface area contributed by atoms with Crippen molar-refractivity contribution in [2.24, 2.45) is 0 Å². The fraction of sp³-hybridized carbons (Fsp3) is 0.571. The molecular formula is C14H20N4OS2. The first-order chi connectivity index (χ1) is 10.1. The summed E-state index contributed by atoms with van der Waals surface area (Å²) in [7, 11) is 2.15. The normalized spacial score (nSPS) is 17.0. The van der Waals surface area contributed by atoms with Gasteiger partial charge in [-0.05, 0) is 32.2 Å². The topological polar surface area (TPSA) is 61.3 Å². The molecule has 0 radical (unpaired) electrons. The fourth-order valence-electron chi connectivity index (χ4n) is 2.57. The first-order valence-electron chi connectivity index (χ1n) is 7.05. The zero-order valence-corrected chi connectivity index (χ0v) is 14.1. The Morgan fingerprint density at radius 2 is 2.29 bits per heavy atom. The summed E-state index contributed by atoms with van der Waals surface area (Å²) in [6.07, 6.45) is 2.63. The highest BCUT2D eigenvalue weighted by atomic mass is 32.2. The summed E-state index contributed by atoms with van der Waals surface area (Å²) in [6, 6.07) is 0. The van der Waals surface area contributed by atoms with Crippen LogP contribution in [0.5, 0.6) is 0 Å². The molecular weight excluding hydrogens is 304 g/mol. The molecule has 0 amide bonds. The average molecular weight is 324 g/mol. The average Bonchev–Trinajstić information content (AvgIpc) is 2.81. The summed E-state index contributed by atoms with van der Waals surface area (Å²) in [5.74, 6) is 0.868. The number of nitrogens with one attached hydrogen (secondary N) is 1. The molecule has 0 saturated heterocycles. The van der Waals surface area contributed by atoms with Gasteiger partial charge in [0, 0.05) is 24.5 Å². The number of nitrogens with zero attached hydrogens (tertiary/aromatic N) is 3. The van der Waals surface area contributed by atoms with Gasteiger partial charge < -0.3 is 15.3 Å². The van der Waals surface area contributed by atoms with E-state index in [1.807, 2.05) is 6.26 Å². The van der Waals surface area contributed by atoms with Crippen LogP contribution in [0.15, 0.2) is 5.16 Å². The Morgan fingerprint density at radius 1 is 1.48 bits per heavy atom. The predicted molar refractivity (Wildman–Crippen MR) is 89.4 cm³/mol. The molecule has 0 unspecified atom stereocenters. The lowest BCUT2D eigenvalue weighted by molar-refractivity contribution is 0.208. The van der Waals surface area contributed by atoms with Crippen molar-refractivity contribution in [1.29, 1.82) is 0 Å². The first kappa shape index (κ1) is 15.0. The van der Waals surface area contributed by atoms with Crippen LogP contribution >= 0.6 is 23.1 Å². The minimum absolute atomic E-state index is 0.395. The second-order valence-corrected chi connectivity index (χ2v) is 7.32. The van der Waals surface area contributed by atoms with Gasteiger partial charge in [-0.25, -0.2) is 9.97 Å². The smallest absolute Gasteiger partial charge is 0.190 e. The van der Waals surface area contributed by atoms with Crippen molar-refractivity contribution in [3.8, 4) is 0 Å². The van der Waals surface area contributed by atoms with Gasteiger partial charge in [0.1, 0.15) is 10.6 Å². The Balaban J connectivity index is 2.10. The minimum atomic E-state index is -0.395. The number of anilines is 1. The third-order valence-electron chi connectivity index (χ3n) is 3.62. The predicted octanol–water partition coefficient (Wildman–Crippen LogP) is 2.19. The van der Waals surface area contributed by atoms with Gasteiger partial charge in [-0.1, -0.05) is 11.8 Å². The molecule has 1 aliphatic rings. The molecule has 0 aliphatic carbocycles. The number of hydrogen-bond acceptors (Lipinski definition) is 7. The Hall–Kier alpha value is -0.890. The monoisotopic (exact) mass is 324 g/mol. The largest absolute Gasteiger partial charge is 0.392 e. The summed E-state index contributed by atoms with van der Waals surface area (Å²) in [5, 5.41) is 14.7. The molecule has 21 heavy (non-hydrogen) atoms. The van der Waals surface area contributed by atoms with Crippen molar-refractivity contribution >= 4 is 39.1 Å². The maximum absolute atomic E-state index is 9.52. The van der Waals surface area contributed by atoms with E-state index in [1.165, 1.54) is 10.4 Å². The van der Waals surface area contributed by atoms with Crippen molar-refractivity contribution in [3.05, 3.63) is 10.4 Å². The van der Waals surface area contributed by atoms with Crippen LogP contribution < -0.4 is 5.32 Å². The Kier molecular flexibility index (Phi) is 4.35. The van der Waals surface area contributed by atoms with Crippen molar-refractivity contribution in [3.63, 3.8) is 0 Å². The molecule has 5 nitrogen and oxygen atoms in total. The number of aromatic nitrogens is 2. The number of likely N-dealkylation sites (N-methyl/N-ethyl adjacent to an activating group) is 1. The van der Waals surface area contributed by atoms with E-state index >= 15 is 0 Å². The highest BCUT2D eigenvalue weighted by Gasteiger charge is 2.23. The molecule has 7 heteroatoms. The van der Waals surface area contributed by atoms with Crippen LogP contribution in [0.25, 0.3) is 10.2 Å². The zero-order valence-electron chi connectivity index (χ0n) is 12.5.